The highest BCUT2D eigenvalue weighted by Crippen LogP contribution is 2.12. The van der Waals surface area contributed by atoms with Crippen LogP contribution in [0.4, 0.5) is 0 Å². The van der Waals surface area contributed by atoms with Crippen LogP contribution in [-0.4, -0.2) is 24.1 Å². The van der Waals surface area contributed by atoms with Gasteiger partial charge in [-0.15, -0.1) is 0 Å². The number of rotatable bonds is 6. The van der Waals surface area contributed by atoms with Gasteiger partial charge in [0, 0.05) is 19.4 Å². The smallest absolute Gasteiger partial charge is 0.134 e. The Morgan fingerprint density at radius 2 is 2.00 bits per heavy atom. The summed E-state index contributed by atoms with van der Waals surface area (Å²) in [5.41, 5.74) is 0.997. The number of hydrogen-bond acceptors (Lipinski definition) is 3. The monoisotopic (exact) mass is 208 g/mol. The second-order valence-electron chi connectivity index (χ2n) is 3.45. The van der Waals surface area contributed by atoms with Gasteiger partial charge in [-0.1, -0.05) is 12.1 Å². The van der Waals surface area contributed by atoms with Crippen molar-refractivity contribution in [3.8, 4) is 5.75 Å². The normalized spacial score (nSPS) is 10.0. The number of carbonyl (C=O) groups is 1. The Hall–Kier alpha value is -1.35. The van der Waals surface area contributed by atoms with Crippen molar-refractivity contribution in [3.63, 3.8) is 0 Å². The fourth-order valence-corrected chi connectivity index (χ4v) is 1.25. The molecule has 0 radical (unpaired) electrons. The molecule has 0 aliphatic heterocycles. The van der Waals surface area contributed by atoms with Crippen LogP contribution < -0.4 is 4.74 Å². The zero-order valence-corrected chi connectivity index (χ0v) is 8.90. The maximum atomic E-state index is 10.8. The lowest BCUT2D eigenvalue weighted by Crippen LogP contribution is -2.00. The van der Waals surface area contributed by atoms with Gasteiger partial charge in [-0.25, -0.2) is 0 Å². The molecule has 3 nitrogen and oxygen atoms in total. The molecule has 0 heterocycles. The molecule has 0 aromatic heterocycles. The van der Waals surface area contributed by atoms with E-state index in [4.69, 9.17) is 9.84 Å². The topological polar surface area (TPSA) is 46.5 Å². The second-order valence-corrected chi connectivity index (χ2v) is 3.45. The molecule has 0 saturated heterocycles. The Labute approximate surface area is 89.7 Å². The van der Waals surface area contributed by atoms with Crippen LogP contribution >= 0.6 is 0 Å². The van der Waals surface area contributed by atoms with Crippen LogP contribution in [0.25, 0.3) is 0 Å². The van der Waals surface area contributed by atoms with Crippen molar-refractivity contribution in [2.45, 2.75) is 19.8 Å². The van der Waals surface area contributed by atoms with Crippen molar-refractivity contribution < 1.29 is 14.6 Å². The van der Waals surface area contributed by atoms with Gasteiger partial charge in [-0.05, 0) is 24.6 Å². The Kier molecular flexibility index (Phi) is 4.84. The van der Waals surface area contributed by atoms with Crippen molar-refractivity contribution >= 4 is 5.78 Å². The number of benzene rings is 1. The Bertz CT molecular complexity index is 303. The summed E-state index contributed by atoms with van der Waals surface area (Å²) in [6, 6.07) is 7.46. The summed E-state index contributed by atoms with van der Waals surface area (Å²) in [5.74, 6) is 0.930. The summed E-state index contributed by atoms with van der Waals surface area (Å²) >= 11 is 0. The molecule has 1 aromatic carbocycles. The van der Waals surface area contributed by atoms with Gasteiger partial charge < -0.3 is 9.84 Å². The minimum absolute atomic E-state index is 0.141. The Morgan fingerprint density at radius 3 is 2.53 bits per heavy atom. The first-order valence-corrected chi connectivity index (χ1v) is 5.04. The molecule has 0 unspecified atom stereocenters. The molecule has 1 aromatic rings. The Morgan fingerprint density at radius 1 is 1.33 bits per heavy atom. The molecule has 3 heteroatoms. The fourth-order valence-electron chi connectivity index (χ4n) is 1.25. The average molecular weight is 208 g/mol. The first-order chi connectivity index (χ1) is 7.22. The number of hydrogen-bond donors (Lipinski definition) is 1. The second kappa shape index (κ2) is 6.19. The summed E-state index contributed by atoms with van der Waals surface area (Å²) < 4.78 is 5.36. The molecule has 15 heavy (non-hydrogen) atoms. The first kappa shape index (κ1) is 11.7. The van der Waals surface area contributed by atoms with Crippen LogP contribution in [0.1, 0.15) is 18.9 Å². The molecule has 0 spiro atoms. The van der Waals surface area contributed by atoms with Crippen LogP contribution in [0, 0.1) is 0 Å². The standard InChI is InChI=1S/C12H16O3/c1-10(14)9-11-3-5-12(6-4-11)15-8-2-7-13/h3-6,13H,2,7-9H2,1H3. The van der Waals surface area contributed by atoms with E-state index in [1.807, 2.05) is 24.3 Å². The fraction of sp³-hybridized carbons (Fsp3) is 0.417. The minimum Gasteiger partial charge on any atom is -0.494 e. The summed E-state index contributed by atoms with van der Waals surface area (Å²) in [5, 5.41) is 8.57. The lowest BCUT2D eigenvalue weighted by atomic mass is 10.1. The van der Waals surface area contributed by atoms with Gasteiger partial charge in [0.2, 0.25) is 0 Å². The molecular weight excluding hydrogens is 192 g/mol. The average Bonchev–Trinajstić information content (AvgIpc) is 2.20. The number of ketones is 1. The minimum atomic E-state index is 0.141. The predicted octanol–water partition coefficient (Wildman–Crippen LogP) is 1.58. The van der Waals surface area contributed by atoms with Crippen molar-refractivity contribution in [1.29, 1.82) is 0 Å². The van der Waals surface area contributed by atoms with Crippen molar-refractivity contribution in [3.05, 3.63) is 29.8 Å². The molecule has 0 aliphatic rings. The molecule has 0 fully saturated rings. The number of ether oxygens (including phenoxy) is 1. The lowest BCUT2D eigenvalue weighted by Gasteiger charge is -2.05. The van der Waals surface area contributed by atoms with E-state index >= 15 is 0 Å². The summed E-state index contributed by atoms with van der Waals surface area (Å²) in [4.78, 5) is 10.8. The van der Waals surface area contributed by atoms with E-state index in [-0.39, 0.29) is 12.4 Å². The molecular formula is C12H16O3. The van der Waals surface area contributed by atoms with Crippen LogP contribution in [0.15, 0.2) is 24.3 Å². The highest BCUT2D eigenvalue weighted by atomic mass is 16.5. The van der Waals surface area contributed by atoms with Gasteiger partial charge in [0.1, 0.15) is 11.5 Å². The van der Waals surface area contributed by atoms with E-state index in [1.54, 1.807) is 6.92 Å². The SMILES string of the molecule is CC(=O)Cc1ccc(OCCCO)cc1. The van der Waals surface area contributed by atoms with Crippen LogP contribution in [-0.2, 0) is 11.2 Å². The third kappa shape index (κ3) is 4.61. The van der Waals surface area contributed by atoms with Gasteiger partial charge >= 0.3 is 0 Å². The Balaban J connectivity index is 2.45. The van der Waals surface area contributed by atoms with Gasteiger partial charge in [0.15, 0.2) is 0 Å². The summed E-state index contributed by atoms with van der Waals surface area (Å²) in [7, 11) is 0. The van der Waals surface area contributed by atoms with E-state index < -0.39 is 0 Å². The van der Waals surface area contributed by atoms with Crippen molar-refractivity contribution in [2.24, 2.45) is 0 Å². The first-order valence-electron chi connectivity index (χ1n) is 5.04. The maximum absolute atomic E-state index is 10.8. The highest BCUT2D eigenvalue weighted by molar-refractivity contribution is 5.78. The molecule has 0 saturated carbocycles. The highest BCUT2D eigenvalue weighted by Gasteiger charge is 1.98. The van der Waals surface area contributed by atoms with Gasteiger partial charge in [-0.2, -0.15) is 0 Å². The lowest BCUT2D eigenvalue weighted by molar-refractivity contribution is -0.116. The van der Waals surface area contributed by atoms with Gasteiger partial charge in [0.25, 0.3) is 0 Å². The number of carbonyl (C=O) groups excluding carboxylic acids is 1. The summed E-state index contributed by atoms with van der Waals surface area (Å²) in [6.45, 7) is 2.23. The molecule has 0 amide bonds. The van der Waals surface area contributed by atoms with Crippen molar-refractivity contribution in [1.82, 2.24) is 0 Å². The zero-order valence-electron chi connectivity index (χ0n) is 8.90. The predicted molar refractivity (Wildman–Crippen MR) is 58.0 cm³/mol. The number of aliphatic hydroxyl groups excluding tert-OH is 1. The van der Waals surface area contributed by atoms with Crippen molar-refractivity contribution in [2.75, 3.05) is 13.2 Å². The molecule has 0 aliphatic carbocycles. The molecule has 0 atom stereocenters. The van der Waals surface area contributed by atoms with Gasteiger partial charge in [0.05, 0.1) is 6.61 Å². The van der Waals surface area contributed by atoms with E-state index in [2.05, 4.69) is 0 Å². The molecule has 1 N–H and O–H groups in total. The third-order valence-electron chi connectivity index (χ3n) is 1.95. The quantitative estimate of drug-likeness (QED) is 0.722. The van der Waals surface area contributed by atoms with E-state index in [9.17, 15) is 4.79 Å². The van der Waals surface area contributed by atoms with Crippen LogP contribution in [0.5, 0.6) is 5.75 Å². The number of aliphatic hydroxyl groups is 1. The van der Waals surface area contributed by atoms with E-state index in [0.717, 1.165) is 11.3 Å². The summed E-state index contributed by atoms with van der Waals surface area (Å²) in [6.07, 6.45) is 1.10. The maximum Gasteiger partial charge on any atom is 0.134 e. The molecule has 1 rings (SSSR count). The van der Waals surface area contributed by atoms with Crippen LogP contribution in [0.2, 0.25) is 0 Å². The number of Topliss-reactive ketones (excluding diaryl/α,β-unsaturated/α-hetero) is 1. The van der Waals surface area contributed by atoms with E-state index in [1.165, 1.54) is 0 Å². The van der Waals surface area contributed by atoms with Gasteiger partial charge in [-0.3, -0.25) is 4.79 Å². The molecule has 82 valence electrons. The molecule has 0 bridgehead atoms. The third-order valence-corrected chi connectivity index (χ3v) is 1.95. The van der Waals surface area contributed by atoms with E-state index in [0.29, 0.717) is 19.4 Å². The largest absolute Gasteiger partial charge is 0.494 e. The zero-order chi connectivity index (χ0) is 11.1. The van der Waals surface area contributed by atoms with Crippen LogP contribution in [0.3, 0.4) is 0 Å².